The molecule has 4 heteroatoms. The van der Waals surface area contributed by atoms with Crippen molar-refractivity contribution in [3.05, 3.63) is 23.3 Å². The van der Waals surface area contributed by atoms with Gasteiger partial charge in [-0.3, -0.25) is 0 Å². The first kappa shape index (κ1) is 13.5. The van der Waals surface area contributed by atoms with E-state index in [9.17, 15) is 0 Å². The lowest BCUT2D eigenvalue weighted by atomic mass is 9.99. The number of methoxy groups -OCH3 is 1. The summed E-state index contributed by atoms with van der Waals surface area (Å²) in [5.41, 5.74) is 2.66. The third kappa shape index (κ3) is 2.73. The molecular formula is C14H20ClNO2. The van der Waals surface area contributed by atoms with Gasteiger partial charge in [0.25, 0.3) is 0 Å². The normalized spacial score (nSPS) is 17.6. The van der Waals surface area contributed by atoms with Gasteiger partial charge in [-0.15, -0.1) is 12.4 Å². The Hall–Kier alpha value is -0.930. The number of halogens is 1. The van der Waals surface area contributed by atoms with Crippen molar-refractivity contribution in [3.63, 3.8) is 0 Å². The zero-order valence-electron chi connectivity index (χ0n) is 10.7. The van der Waals surface area contributed by atoms with E-state index in [1.165, 1.54) is 24.0 Å². The van der Waals surface area contributed by atoms with E-state index in [2.05, 4.69) is 11.4 Å². The van der Waals surface area contributed by atoms with Crippen molar-refractivity contribution in [3.8, 4) is 11.5 Å². The van der Waals surface area contributed by atoms with Crippen LogP contribution in [-0.2, 0) is 13.0 Å². The first-order chi connectivity index (χ1) is 8.38. The fourth-order valence-electron chi connectivity index (χ4n) is 2.35. The summed E-state index contributed by atoms with van der Waals surface area (Å²) in [5, 5.41) is 3.38. The lowest BCUT2D eigenvalue weighted by Crippen LogP contribution is -2.24. The van der Waals surface area contributed by atoms with Crippen molar-refractivity contribution in [1.82, 2.24) is 5.32 Å². The minimum atomic E-state index is 0. The number of ether oxygens (including phenoxy) is 2. The molecule has 1 aliphatic carbocycles. The van der Waals surface area contributed by atoms with Gasteiger partial charge in [-0.25, -0.2) is 0 Å². The second kappa shape index (κ2) is 5.81. The Bertz CT molecular complexity index is 419. The van der Waals surface area contributed by atoms with E-state index < -0.39 is 0 Å². The second-order valence-electron chi connectivity index (χ2n) is 4.92. The Morgan fingerprint density at radius 3 is 2.89 bits per heavy atom. The lowest BCUT2D eigenvalue weighted by molar-refractivity contribution is 0.278. The van der Waals surface area contributed by atoms with E-state index in [0.717, 1.165) is 43.5 Å². The van der Waals surface area contributed by atoms with E-state index in [-0.39, 0.29) is 12.4 Å². The Kier molecular flexibility index (Phi) is 4.36. The third-order valence-corrected chi connectivity index (χ3v) is 3.56. The highest BCUT2D eigenvalue weighted by atomic mass is 35.5. The molecule has 1 heterocycles. The highest BCUT2D eigenvalue weighted by Crippen LogP contribution is 2.37. The number of hydrogen-bond donors (Lipinski definition) is 1. The predicted molar refractivity (Wildman–Crippen MR) is 73.9 cm³/mol. The molecule has 3 rings (SSSR count). The SMILES string of the molecule is COc1c(OCC2CC2)ccc2c1CCNC2.Cl. The maximum Gasteiger partial charge on any atom is 0.164 e. The number of benzene rings is 1. The third-order valence-electron chi connectivity index (χ3n) is 3.56. The molecule has 1 aromatic carbocycles. The molecule has 1 fully saturated rings. The number of nitrogens with one attached hydrogen (secondary N) is 1. The molecule has 1 aliphatic heterocycles. The van der Waals surface area contributed by atoms with Crippen LogP contribution in [0.1, 0.15) is 24.0 Å². The predicted octanol–water partition coefficient (Wildman–Crippen LogP) is 2.55. The van der Waals surface area contributed by atoms with E-state index in [4.69, 9.17) is 9.47 Å². The molecule has 0 radical (unpaired) electrons. The fraction of sp³-hybridized carbons (Fsp3) is 0.571. The lowest BCUT2D eigenvalue weighted by Gasteiger charge is -2.21. The Labute approximate surface area is 114 Å². The van der Waals surface area contributed by atoms with Gasteiger partial charge in [-0.05, 0) is 43.4 Å². The summed E-state index contributed by atoms with van der Waals surface area (Å²) in [4.78, 5) is 0. The van der Waals surface area contributed by atoms with E-state index in [1.807, 2.05) is 6.07 Å². The van der Waals surface area contributed by atoms with Crippen LogP contribution < -0.4 is 14.8 Å². The van der Waals surface area contributed by atoms with Crippen LogP contribution in [0, 0.1) is 5.92 Å². The highest BCUT2D eigenvalue weighted by Gasteiger charge is 2.23. The first-order valence-corrected chi connectivity index (χ1v) is 6.40. The molecule has 2 aliphatic rings. The minimum absolute atomic E-state index is 0. The smallest absolute Gasteiger partial charge is 0.164 e. The molecule has 0 unspecified atom stereocenters. The first-order valence-electron chi connectivity index (χ1n) is 6.40. The van der Waals surface area contributed by atoms with Crippen molar-refractivity contribution in [2.45, 2.75) is 25.8 Å². The molecule has 0 saturated heterocycles. The van der Waals surface area contributed by atoms with Crippen LogP contribution in [-0.4, -0.2) is 20.3 Å². The van der Waals surface area contributed by atoms with Crippen LogP contribution in [0.5, 0.6) is 11.5 Å². The van der Waals surface area contributed by atoms with Crippen LogP contribution in [0.3, 0.4) is 0 Å². The molecule has 3 nitrogen and oxygen atoms in total. The molecule has 0 amide bonds. The van der Waals surface area contributed by atoms with Gasteiger partial charge in [-0.1, -0.05) is 6.07 Å². The molecule has 1 saturated carbocycles. The maximum absolute atomic E-state index is 5.87. The zero-order valence-corrected chi connectivity index (χ0v) is 11.5. The molecule has 1 aromatic rings. The van der Waals surface area contributed by atoms with Crippen LogP contribution in [0.4, 0.5) is 0 Å². The van der Waals surface area contributed by atoms with E-state index >= 15 is 0 Å². The standard InChI is InChI=1S/C14H19NO2.ClH/c1-16-14-12-6-7-15-8-11(12)4-5-13(14)17-9-10-2-3-10;/h4-5,10,15H,2-3,6-9H2,1H3;1H. The monoisotopic (exact) mass is 269 g/mol. The van der Waals surface area contributed by atoms with Gasteiger partial charge in [0.1, 0.15) is 0 Å². The van der Waals surface area contributed by atoms with Gasteiger partial charge in [-0.2, -0.15) is 0 Å². The van der Waals surface area contributed by atoms with Crippen LogP contribution in [0.15, 0.2) is 12.1 Å². The number of hydrogen-bond acceptors (Lipinski definition) is 3. The van der Waals surface area contributed by atoms with Crippen LogP contribution in [0.25, 0.3) is 0 Å². The summed E-state index contributed by atoms with van der Waals surface area (Å²) in [6.45, 7) is 2.80. The molecule has 0 bridgehead atoms. The summed E-state index contributed by atoms with van der Waals surface area (Å²) < 4.78 is 11.4. The Morgan fingerprint density at radius 1 is 1.33 bits per heavy atom. The van der Waals surface area contributed by atoms with Gasteiger partial charge in [0.05, 0.1) is 13.7 Å². The average Bonchev–Trinajstić information content (AvgIpc) is 3.19. The Morgan fingerprint density at radius 2 is 2.17 bits per heavy atom. The second-order valence-corrected chi connectivity index (χ2v) is 4.92. The summed E-state index contributed by atoms with van der Waals surface area (Å²) in [7, 11) is 1.74. The van der Waals surface area contributed by atoms with Crippen molar-refractivity contribution < 1.29 is 9.47 Å². The van der Waals surface area contributed by atoms with Gasteiger partial charge in [0.2, 0.25) is 0 Å². The number of fused-ring (bicyclic) bond motifs is 1. The highest BCUT2D eigenvalue weighted by molar-refractivity contribution is 5.85. The molecule has 100 valence electrons. The summed E-state index contributed by atoms with van der Waals surface area (Å²) in [5.74, 6) is 2.64. The summed E-state index contributed by atoms with van der Waals surface area (Å²) >= 11 is 0. The minimum Gasteiger partial charge on any atom is -0.493 e. The van der Waals surface area contributed by atoms with Gasteiger partial charge in [0.15, 0.2) is 11.5 Å². The molecular weight excluding hydrogens is 250 g/mol. The zero-order chi connectivity index (χ0) is 11.7. The molecule has 18 heavy (non-hydrogen) atoms. The largest absolute Gasteiger partial charge is 0.493 e. The van der Waals surface area contributed by atoms with Crippen molar-refractivity contribution in [1.29, 1.82) is 0 Å². The van der Waals surface area contributed by atoms with Gasteiger partial charge in [0, 0.05) is 12.1 Å². The van der Waals surface area contributed by atoms with Crippen LogP contribution >= 0.6 is 12.4 Å². The molecule has 0 atom stereocenters. The topological polar surface area (TPSA) is 30.5 Å². The Balaban J connectivity index is 0.00000120. The van der Waals surface area contributed by atoms with Gasteiger partial charge >= 0.3 is 0 Å². The number of rotatable bonds is 4. The summed E-state index contributed by atoms with van der Waals surface area (Å²) in [6, 6.07) is 4.21. The summed E-state index contributed by atoms with van der Waals surface area (Å²) in [6.07, 6.45) is 3.66. The van der Waals surface area contributed by atoms with Crippen LogP contribution in [0.2, 0.25) is 0 Å². The van der Waals surface area contributed by atoms with Gasteiger partial charge < -0.3 is 14.8 Å². The van der Waals surface area contributed by atoms with Crippen molar-refractivity contribution in [2.75, 3.05) is 20.3 Å². The quantitative estimate of drug-likeness (QED) is 0.911. The molecule has 0 aromatic heterocycles. The molecule has 0 spiro atoms. The maximum atomic E-state index is 5.87. The van der Waals surface area contributed by atoms with E-state index in [1.54, 1.807) is 7.11 Å². The average molecular weight is 270 g/mol. The fourth-order valence-corrected chi connectivity index (χ4v) is 2.35. The van der Waals surface area contributed by atoms with Crippen molar-refractivity contribution >= 4 is 12.4 Å². The molecule has 1 N–H and O–H groups in total. The van der Waals surface area contributed by atoms with Crippen molar-refractivity contribution in [2.24, 2.45) is 5.92 Å². The van der Waals surface area contributed by atoms with E-state index in [0.29, 0.717) is 0 Å².